The molecule has 2 N–H and O–H groups in total. The van der Waals surface area contributed by atoms with E-state index in [1.165, 1.54) is 10.5 Å². The van der Waals surface area contributed by atoms with Crippen LogP contribution < -0.4 is 10.2 Å². The first-order chi connectivity index (χ1) is 8.49. The summed E-state index contributed by atoms with van der Waals surface area (Å²) in [7, 11) is 2.10. The van der Waals surface area contributed by atoms with Crippen molar-refractivity contribution in [3.63, 3.8) is 0 Å². The number of rotatable bonds is 2. The Kier molecular flexibility index (Phi) is 3.71. The van der Waals surface area contributed by atoms with Crippen LogP contribution in [-0.4, -0.2) is 25.5 Å². The van der Waals surface area contributed by atoms with Crippen LogP contribution in [-0.2, 0) is 4.79 Å². The molecule has 1 fully saturated rings. The van der Waals surface area contributed by atoms with Crippen molar-refractivity contribution in [1.82, 2.24) is 0 Å². The van der Waals surface area contributed by atoms with Crippen LogP contribution in [0.5, 0.6) is 0 Å². The summed E-state index contributed by atoms with van der Waals surface area (Å²) < 4.78 is 0. The number of carbonyl (C=O) groups is 1. The molecule has 0 aliphatic carbocycles. The third-order valence-corrected chi connectivity index (χ3v) is 3.90. The number of aryl methyl sites for hydroxylation is 3. The van der Waals surface area contributed by atoms with E-state index in [9.17, 15) is 4.79 Å². The number of benzene rings is 1. The molecule has 98 valence electrons. The topological polar surface area (TPSA) is 33.5 Å². The fourth-order valence-corrected chi connectivity index (χ4v) is 2.95. The molecular formula is C15H23N2O+. The zero-order valence-electron chi connectivity index (χ0n) is 11.8. The molecule has 18 heavy (non-hydrogen) atoms. The van der Waals surface area contributed by atoms with Gasteiger partial charge in [-0.2, -0.15) is 0 Å². The van der Waals surface area contributed by atoms with E-state index in [4.69, 9.17) is 0 Å². The average molecular weight is 247 g/mol. The molecule has 3 heteroatoms. The molecule has 1 unspecified atom stereocenters. The summed E-state index contributed by atoms with van der Waals surface area (Å²) in [4.78, 5) is 13.6. The highest BCUT2D eigenvalue weighted by Crippen LogP contribution is 2.22. The first kappa shape index (κ1) is 13.1. The molecule has 1 saturated heterocycles. The van der Waals surface area contributed by atoms with Gasteiger partial charge in [0.25, 0.3) is 5.91 Å². The molecule has 0 saturated carbocycles. The van der Waals surface area contributed by atoms with Crippen molar-refractivity contribution in [2.45, 2.75) is 39.7 Å². The Bertz CT molecular complexity index is 445. The first-order valence-electron chi connectivity index (χ1n) is 6.70. The average Bonchev–Trinajstić information content (AvgIpc) is 2.69. The second kappa shape index (κ2) is 5.11. The molecule has 1 aromatic rings. The maximum absolute atomic E-state index is 12.3. The predicted octanol–water partition coefficient (Wildman–Crippen LogP) is 1.23. The van der Waals surface area contributed by atoms with E-state index in [0.29, 0.717) is 0 Å². The van der Waals surface area contributed by atoms with Gasteiger partial charge in [0.15, 0.2) is 6.04 Å². The highest BCUT2D eigenvalue weighted by Gasteiger charge is 2.32. The molecule has 3 nitrogen and oxygen atoms in total. The third-order valence-electron chi connectivity index (χ3n) is 3.90. The van der Waals surface area contributed by atoms with E-state index in [1.807, 2.05) is 0 Å². The number of nitrogens with one attached hydrogen (secondary N) is 2. The van der Waals surface area contributed by atoms with E-state index in [0.717, 1.165) is 36.2 Å². The number of hydrogen-bond acceptors (Lipinski definition) is 1. The van der Waals surface area contributed by atoms with Gasteiger partial charge in [0.2, 0.25) is 0 Å². The molecule has 0 spiro atoms. The minimum atomic E-state index is 0.116. The molecule has 2 rings (SSSR count). The lowest BCUT2D eigenvalue weighted by Gasteiger charge is -2.18. The summed E-state index contributed by atoms with van der Waals surface area (Å²) in [6.07, 6.45) is 2.15. The lowest BCUT2D eigenvalue weighted by molar-refractivity contribution is -0.882. The Hall–Kier alpha value is -1.35. The van der Waals surface area contributed by atoms with Gasteiger partial charge in [-0.3, -0.25) is 4.79 Å². The number of hydrogen-bond donors (Lipinski definition) is 2. The fourth-order valence-electron chi connectivity index (χ4n) is 2.95. The molecule has 1 aliphatic rings. The third kappa shape index (κ3) is 2.56. The Balaban J connectivity index is 2.17. The van der Waals surface area contributed by atoms with Crippen molar-refractivity contribution in [2.75, 3.05) is 18.9 Å². The Morgan fingerprint density at radius 1 is 1.28 bits per heavy atom. The molecule has 0 aromatic heterocycles. The van der Waals surface area contributed by atoms with E-state index in [1.54, 1.807) is 0 Å². The van der Waals surface area contributed by atoms with Gasteiger partial charge in [0.1, 0.15) is 0 Å². The van der Waals surface area contributed by atoms with E-state index < -0.39 is 0 Å². The Morgan fingerprint density at radius 2 is 1.89 bits per heavy atom. The standard InChI is InChI=1S/C15H22N2O/c1-10-8-11(2)14(12(3)9-10)16-15(18)13-6-5-7-17(13)4/h8-9,13H,5-7H2,1-4H3,(H,16,18)/p+1/t13-/m0/s1. The van der Waals surface area contributed by atoms with Crippen molar-refractivity contribution in [2.24, 2.45) is 0 Å². The number of likely N-dealkylation sites (tertiary alicyclic amines) is 1. The Labute approximate surface area is 109 Å². The number of amides is 1. The molecule has 0 bridgehead atoms. The van der Waals surface area contributed by atoms with Crippen molar-refractivity contribution < 1.29 is 9.69 Å². The Morgan fingerprint density at radius 3 is 2.39 bits per heavy atom. The van der Waals surface area contributed by atoms with Crippen LogP contribution in [0, 0.1) is 20.8 Å². The van der Waals surface area contributed by atoms with Crippen molar-refractivity contribution in [3.8, 4) is 0 Å². The second-order valence-electron chi connectivity index (χ2n) is 5.55. The smallest absolute Gasteiger partial charge is 0.282 e. The molecule has 1 amide bonds. The highest BCUT2D eigenvalue weighted by molar-refractivity contribution is 5.95. The zero-order valence-corrected chi connectivity index (χ0v) is 11.8. The first-order valence-corrected chi connectivity index (χ1v) is 6.70. The molecule has 1 aliphatic heterocycles. The van der Waals surface area contributed by atoms with Crippen LogP contribution in [0.3, 0.4) is 0 Å². The lowest BCUT2D eigenvalue weighted by atomic mass is 10.0. The predicted molar refractivity (Wildman–Crippen MR) is 74.1 cm³/mol. The highest BCUT2D eigenvalue weighted by atomic mass is 16.2. The van der Waals surface area contributed by atoms with Gasteiger partial charge in [-0.05, 0) is 31.9 Å². The van der Waals surface area contributed by atoms with Crippen LogP contribution in [0.25, 0.3) is 0 Å². The van der Waals surface area contributed by atoms with Crippen LogP contribution in [0.15, 0.2) is 12.1 Å². The maximum atomic E-state index is 12.3. The van der Waals surface area contributed by atoms with Crippen LogP contribution in [0.1, 0.15) is 29.5 Å². The summed E-state index contributed by atoms with van der Waals surface area (Å²) in [5.41, 5.74) is 4.53. The van der Waals surface area contributed by atoms with E-state index in [2.05, 4.69) is 45.3 Å². The summed E-state index contributed by atoms with van der Waals surface area (Å²) in [5.74, 6) is 0.167. The summed E-state index contributed by atoms with van der Waals surface area (Å²) in [5, 5.41) is 3.12. The van der Waals surface area contributed by atoms with Crippen molar-refractivity contribution in [3.05, 3.63) is 28.8 Å². The summed E-state index contributed by atoms with van der Waals surface area (Å²) >= 11 is 0. The minimum absolute atomic E-state index is 0.116. The van der Waals surface area contributed by atoms with Crippen LogP contribution in [0.2, 0.25) is 0 Å². The SMILES string of the molecule is Cc1cc(C)c(NC(=O)[C@@H]2CCC[NH+]2C)c(C)c1. The largest absolute Gasteiger partial charge is 0.327 e. The minimum Gasteiger partial charge on any atom is -0.327 e. The molecule has 2 atom stereocenters. The van der Waals surface area contributed by atoms with E-state index in [-0.39, 0.29) is 11.9 Å². The number of quaternary nitrogens is 1. The van der Waals surface area contributed by atoms with Gasteiger partial charge < -0.3 is 10.2 Å². The van der Waals surface area contributed by atoms with E-state index >= 15 is 0 Å². The van der Waals surface area contributed by atoms with Crippen LogP contribution in [0.4, 0.5) is 5.69 Å². The maximum Gasteiger partial charge on any atom is 0.282 e. The van der Waals surface area contributed by atoms with Gasteiger partial charge in [-0.15, -0.1) is 0 Å². The molecule has 1 heterocycles. The molecule has 1 aromatic carbocycles. The molecular weight excluding hydrogens is 224 g/mol. The lowest BCUT2D eigenvalue weighted by Crippen LogP contribution is -3.12. The number of carbonyl (C=O) groups excluding carboxylic acids is 1. The van der Waals surface area contributed by atoms with Gasteiger partial charge in [-0.25, -0.2) is 0 Å². The molecule has 0 radical (unpaired) electrons. The number of anilines is 1. The summed E-state index contributed by atoms with van der Waals surface area (Å²) in [6, 6.07) is 4.35. The monoisotopic (exact) mass is 247 g/mol. The fraction of sp³-hybridized carbons (Fsp3) is 0.533. The van der Waals surface area contributed by atoms with Crippen molar-refractivity contribution >= 4 is 11.6 Å². The van der Waals surface area contributed by atoms with Gasteiger partial charge in [-0.1, -0.05) is 17.7 Å². The normalized spacial score (nSPS) is 23.1. The van der Waals surface area contributed by atoms with Gasteiger partial charge in [0, 0.05) is 18.5 Å². The number of likely N-dealkylation sites (N-methyl/N-ethyl adjacent to an activating group) is 1. The quantitative estimate of drug-likeness (QED) is 0.809. The second-order valence-corrected chi connectivity index (χ2v) is 5.55. The summed E-state index contributed by atoms with van der Waals surface area (Å²) in [6.45, 7) is 7.30. The van der Waals surface area contributed by atoms with Crippen molar-refractivity contribution in [1.29, 1.82) is 0 Å². The zero-order chi connectivity index (χ0) is 13.3. The van der Waals surface area contributed by atoms with Gasteiger partial charge >= 0.3 is 0 Å². The van der Waals surface area contributed by atoms with Gasteiger partial charge in [0.05, 0.1) is 13.6 Å². The van der Waals surface area contributed by atoms with Crippen LogP contribution >= 0.6 is 0 Å².